The van der Waals surface area contributed by atoms with Gasteiger partial charge in [-0.25, -0.2) is 0 Å². The van der Waals surface area contributed by atoms with Crippen LogP contribution in [0, 0.1) is 0 Å². The van der Waals surface area contributed by atoms with Gasteiger partial charge in [0.05, 0.1) is 39.1 Å². The van der Waals surface area contributed by atoms with Gasteiger partial charge in [0.1, 0.15) is 109 Å². The highest BCUT2D eigenvalue weighted by Gasteiger charge is 2.50. The Morgan fingerprint density at radius 3 is 1.56 bits per heavy atom. The molecule has 0 aliphatic carbocycles. The highest BCUT2D eigenvalue weighted by molar-refractivity contribution is 5.04. The predicted molar refractivity (Wildman–Crippen MR) is 214 cm³/mol. The molecule has 0 aromatic heterocycles. The summed E-state index contributed by atoms with van der Waals surface area (Å²) in [5.41, 5.74) is 0. The van der Waals surface area contributed by atoms with Crippen LogP contribution >= 0.6 is 0 Å². The second-order valence-electron chi connectivity index (χ2n) is 16.2. The molecule has 23 unspecified atom stereocenters. The van der Waals surface area contributed by atoms with E-state index in [0.29, 0.717) is 12.2 Å². The average molecular weight is 999 g/mol. The Labute approximate surface area is 387 Å². The van der Waals surface area contributed by atoms with E-state index in [1.165, 1.54) is 13.0 Å². The first kappa shape index (κ1) is 58.3. The van der Waals surface area contributed by atoms with Crippen LogP contribution in [-0.2, 0) is 47.4 Å². The van der Waals surface area contributed by atoms with E-state index >= 15 is 0 Å². The Morgan fingerprint density at radius 1 is 0.544 bits per heavy atom. The van der Waals surface area contributed by atoms with Crippen molar-refractivity contribution in [2.45, 2.75) is 168 Å². The van der Waals surface area contributed by atoms with Crippen molar-refractivity contribution in [3.8, 4) is 0 Å². The fourth-order valence-corrected chi connectivity index (χ4v) is 7.05. The first-order valence-electron chi connectivity index (χ1n) is 21.4. The van der Waals surface area contributed by atoms with Crippen molar-refractivity contribution < 1.29 is 144 Å². The lowest BCUT2D eigenvalue weighted by molar-refractivity contribution is -0.340. The second kappa shape index (κ2) is 27.5. The molecule has 0 spiro atoms. The summed E-state index contributed by atoms with van der Waals surface area (Å²) in [6.07, 6.45) is -40.3. The van der Waals surface area contributed by atoms with Gasteiger partial charge in [-0.15, -0.1) is 0 Å². The third-order valence-electron chi connectivity index (χ3n) is 10.9. The maximum Gasteiger partial charge on any atom is 0.187 e. The first-order valence-corrected chi connectivity index (χ1v) is 21.4. The Kier molecular flexibility index (Phi) is 23.6. The maximum absolute atomic E-state index is 11.3. The van der Waals surface area contributed by atoms with Crippen LogP contribution in [-0.4, -0.2) is 284 Å². The summed E-state index contributed by atoms with van der Waals surface area (Å²) in [5, 5.41) is 196. The van der Waals surface area contributed by atoms with Crippen molar-refractivity contribution in [3.05, 3.63) is 35.8 Å². The molecule has 396 valence electrons. The summed E-state index contributed by atoms with van der Waals surface area (Å²) in [7, 11) is 0. The van der Waals surface area contributed by atoms with Crippen LogP contribution in [0.2, 0.25) is 0 Å². The molecule has 29 heteroatoms. The molecule has 4 aliphatic rings. The van der Waals surface area contributed by atoms with E-state index in [4.69, 9.17) is 47.4 Å². The number of rotatable bonds is 24. The van der Waals surface area contributed by atoms with Crippen LogP contribution < -0.4 is 0 Å². The summed E-state index contributed by atoms with van der Waals surface area (Å²) >= 11 is 0. The van der Waals surface area contributed by atoms with Gasteiger partial charge < -0.3 is 144 Å². The molecule has 4 aliphatic heterocycles. The van der Waals surface area contributed by atoms with Crippen LogP contribution in [0.5, 0.6) is 0 Å². The average Bonchev–Trinajstić information content (AvgIpc) is 3.28. The molecule has 19 N–H and O–H groups in total. The molecule has 4 rings (SSSR count). The monoisotopic (exact) mass is 998 g/mol. The van der Waals surface area contributed by atoms with Gasteiger partial charge in [0.15, 0.2) is 44.0 Å². The Bertz CT molecular complexity index is 1560. The van der Waals surface area contributed by atoms with E-state index in [-0.39, 0.29) is 0 Å². The van der Waals surface area contributed by atoms with Crippen molar-refractivity contribution in [2.24, 2.45) is 0 Å². The van der Waals surface area contributed by atoms with Gasteiger partial charge in [0.2, 0.25) is 0 Å². The molecule has 29 nitrogen and oxygen atoms in total. The lowest BCUT2D eigenvalue weighted by Gasteiger charge is -2.44. The van der Waals surface area contributed by atoms with Gasteiger partial charge in [0.25, 0.3) is 0 Å². The molecule has 0 aromatic carbocycles. The van der Waals surface area contributed by atoms with Gasteiger partial charge in [-0.05, 0) is 13.0 Å². The summed E-state index contributed by atoms with van der Waals surface area (Å²) < 4.78 is 54.9. The number of aliphatic hydroxyl groups is 19. The number of hydrogen-bond donors (Lipinski definition) is 19. The molecule has 23 atom stereocenters. The summed E-state index contributed by atoms with van der Waals surface area (Å²) in [6, 6.07) is 0. The van der Waals surface area contributed by atoms with E-state index in [1.807, 2.05) is 0 Å². The zero-order valence-electron chi connectivity index (χ0n) is 36.4. The van der Waals surface area contributed by atoms with Crippen LogP contribution in [0.25, 0.3) is 0 Å². The molecular weight excluding hydrogens is 932 g/mol. The third-order valence-corrected chi connectivity index (χ3v) is 10.9. The minimum absolute atomic E-state index is 0.414. The minimum Gasteiger partial charge on any atom is -0.510 e. The smallest absolute Gasteiger partial charge is 0.187 e. The summed E-state index contributed by atoms with van der Waals surface area (Å²) in [6.45, 7) is -2.18. The van der Waals surface area contributed by atoms with E-state index in [9.17, 15) is 97.0 Å². The zero-order valence-corrected chi connectivity index (χ0v) is 36.4. The van der Waals surface area contributed by atoms with Crippen molar-refractivity contribution in [2.75, 3.05) is 39.6 Å². The maximum atomic E-state index is 11.3. The second-order valence-corrected chi connectivity index (χ2v) is 16.2. The largest absolute Gasteiger partial charge is 0.510 e. The zero-order chi connectivity index (χ0) is 50.6. The fraction of sp³-hybridized carbons (Fsp3) is 0.846. The summed E-state index contributed by atoms with van der Waals surface area (Å²) in [4.78, 5) is 0. The van der Waals surface area contributed by atoms with Gasteiger partial charge in [0, 0.05) is 31.6 Å². The molecule has 0 radical (unpaired) electrons. The molecule has 0 aromatic rings. The highest BCUT2D eigenvalue weighted by Crippen LogP contribution is 2.31. The van der Waals surface area contributed by atoms with Crippen LogP contribution in [0.3, 0.4) is 0 Å². The fourth-order valence-electron chi connectivity index (χ4n) is 7.05. The lowest BCUT2D eigenvalue weighted by Crippen LogP contribution is -2.62. The molecule has 0 saturated carbocycles. The topological polar surface area (TPSA) is 477 Å². The van der Waals surface area contributed by atoms with E-state index in [2.05, 4.69) is 0 Å². The first-order chi connectivity index (χ1) is 32.0. The van der Waals surface area contributed by atoms with Gasteiger partial charge in [-0.3, -0.25) is 0 Å². The lowest BCUT2D eigenvalue weighted by atomic mass is 9.98. The normalized spacial score (nSPS) is 40.0. The van der Waals surface area contributed by atoms with Gasteiger partial charge in [-0.1, -0.05) is 6.08 Å². The summed E-state index contributed by atoms with van der Waals surface area (Å²) in [5.74, 6) is -1.78. The van der Waals surface area contributed by atoms with E-state index < -0.39 is 212 Å². The quantitative estimate of drug-likeness (QED) is 0.0243. The molecule has 0 bridgehead atoms. The predicted octanol–water partition coefficient (Wildman–Crippen LogP) is -9.14. The number of ether oxygens (including phenoxy) is 10. The molecular formula is C39H66O29. The molecule has 4 heterocycles. The van der Waals surface area contributed by atoms with Gasteiger partial charge >= 0.3 is 0 Å². The van der Waals surface area contributed by atoms with Crippen LogP contribution in [0.1, 0.15) is 19.8 Å². The van der Waals surface area contributed by atoms with Crippen LogP contribution in [0.15, 0.2) is 35.8 Å². The Balaban J connectivity index is 1.57. The third kappa shape index (κ3) is 16.4. The Hall–Kier alpha value is -2.26. The van der Waals surface area contributed by atoms with Crippen molar-refractivity contribution >= 4 is 0 Å². The molecule has 0 amide bonds. The van der Waals surface area contributed by atoms with Gasteiger partial charge in [-0.2, -0.15) is 0 Å². The van der Waals surface area contributed by atoms with Crippen molar-refractivity contribution in [1.29, 1.82) is 0 Å². The highest BCUT2D eigenvalue weighted by atomic mass is 16.8. The molecule has 4 saturated heterocycles. The SMILES string of the molecule is CC(O)/C=C/C(O)OCCC(OC1OC(COC2OCC(O)C(O)C2O)C(O)C(O)C1O)/C(O)=C\C(O)OC1C(COC2OCC(O)C(O)C2O)OC(OC(CCO)/C(O)=C/C(O)O)C(O)C1O. The van der Waals surface area contributed by atoms with E-state index in [1.54, 1.807) is 0 Å². The standard InChI is InChI=1S/C39H66O29/c1-14(41)2-3-24(48)59-7-5-20(65-38-33(57)29(53)28(52)21(66-38)12-62-36-31(55)26(50)17(44)10-60-36)16(43)9-25(49)68-35-22(13-63-37-32(56)27(51)18(45)11-61-37)67-39(34(58)30(35)54)64-19(4-6-40)15(42)8-23(46)47/h2-3,8-9,14,17-58H,4-7,10-13H2,1H3/b3-2+,15-8-,16-9+. The Morgan fingerprint density at radius 2 is 1.03 bits per heavy atom. The van der Waals surface area contributed by atoms with Crippen molar-refractivity contribution in [3.63, 3.8) is 0 Å². The number of aliphatic hydroxyl groups excluding tert-OH is 18. The molecule has 68 heavy (non-hydrogen) atoms. The molecule has 4 fully saturated rings. The minimum atomic E-state index is -2.31. The van der Waals surface area contributed by atoms with E-state index in [0.717, 1.165) is 6.08 Å². The number of hydrogen-bond acceptors (Lipinski definition) is 29. The van der Waals surface area contributed by atoms with Crippen molar-refractivity contribution in [1.82, 2.24) is 0 Å². The van der Waals surface area contributed by atoms with Crippen LogP contribution in [0.4, 0.5) is 0 Å².